The van der Waals surface area contributed by atoms with Crippen LogP contribution in [0.1, 0.15) is 37.7 Å². The van der Waals surface area contributed by atoms with E-state index in [1.165, 1.54) is 0 Å². The number of para-hydroxylation sites is 1. The Morgan fingerprint density at radius 1 is 1.37 bits per heavy atom. The van der Waals surface area contributed by atoms with Gasteiger partial charge in [-0.3, -0.25) is 4.79 Å². The molecule has 2 saturated heterocycles. The van der Waals surface area contributed by atoms with Gasteiger partial charge in [0.1, 0.15) is 5.75 Å². The summed E-state index contributed by atoms with van der Waals surface area (Å²) in [6.07, 6.45) is 3.77. The zero-order chi connectivity index (χ0) is 19.3. The fourth-order valence-corrected chi connectivity index (χ4v) is 3.87. The average molecular weight is 375 g/mol. The highest BCUT2D eigenvalue weighted by molar-refractivity contribution is 5.78. The lowest BCUT2D eigenvalue weighted by Crippen LogP contribution is -2.51. The molecule has 27 heavy (non-hydrogen) atoms. The molecule has 1 atom stereocenters. The normalized spacial score (nSPS) is 21.6. The van der Waals surface area contributed by atoms with Gasteiger partial charge in [0, 0.05) is 38.5 Å². The second kappa shape index (κ2) is 8.61. The molecule has 2 heterocycles. The molecule has 3 rings (SSSR count). The highest BCUT2D eigenvalue weighted by atomic mass is 16.5. The van der Waals surface area contributed by atoms with Crippen LogP contribution in [0.15, 0.2) is 24.3 Å². The SMILES string of the molecule is COc1ccccc1CC1(O)CCN(C(=O)NCCC2CCC(=O)N2)CC1. The number of nitrogens with one attached hydrogen (secondary N) is 2. The minimum atomic E-state index is -0.820. The van der Waals surface area contributed by atoms with E-state index in [1.807, 2.05) is 24.3 Å². The number of methoxy groups -OCH3 is 1. The summed E-state index contributed by atoms with van der Waals surface area (Å²) in [5.74, 6) is 0.877. The first-order valence-corrected chi connectivity index (χ1v) is 9.65. The van der Waals surface area contributed by atoms with Crippen molar-refractivity contribution in [1.82, 2.24) is 15.5 Å². The Morgan fingerprint density at radius 3 is 2.78 bits per heavy atom. The Labute approximate surface area is 160 Å². The van der Waals surface area contributed by atoms with Gasteiger partial charge in [0.15, 0.2) is 0 Å². The molecule has 1 aromatic carbocycles. The van der Waals surface area contributed by atoms with Crippen LogP contribution in [-0.4, -0.2) is 60.3 Å². The molecular formula is C20H29N3O4. The molecule has 3 amide bonds. The van der Waals surface area contributed by atoms with Crippen LogP contribution in [0.25, 0.3) is 0 Å². The molecule has 7 heteroatoms. The van der Waals surface area contributed by atoms with Crippen molar-refractivity contribution in [3.8, 4) is 5.75 Å². The van der Waals surface area contributed by atoms with E-state index in [0.29, 0.717) is 45.3 Å². The predicted octanol–water partition coefficient (Wildman–Crippen LogP) is 1.44. The van der Waals surface area contributed by atoms with Crippen LogP contribution in [0.4, 0.5) is 4.79 Å². The van der Waals surface area contributed by atoms with Crippen molar-refractivity contribution in [1.29, 1.82) is 0 Å². The third-order valence-electron chi connectivity index (χ3n) is 5.55. The van der Waals surface area contributed by atoms with Gasteiger partial charge >= 0.3 is 6.03 Å². The molecular weight excluding hydrogens is 346 g/mol. The zero-order valence-corrected chi connectivity index (χ0v) is 15.9. The van der Waals surface area contributed by atoms with Gasteiger partial charge in [-0.25, -0.2) is 4.79 Å². The van der Waals surface area contributed by atoms with E-state index < -0.39 is 5.60 Å². The summed E-state index contributed by atoms with van der Waals surface area (Å²) in [5.41, 5.74) is 0.165. The molecule has 3 N–H and O–H groups in total. The molecule has 7 nitrogen and oxygen atoms in total. The van der Waals surface area contributed by atoms with Crippen molar-refractivity contribution < 1.29 is 19.4 Å². The molecule has 0 radical (unpaired) electrons. The van der Waals surface area contributed by atoms with Crippen LogP contribution in [-0.2, 0) is 11.2 Å². The van der Waals surface area contributed by atoms with E-state index in [2.05, 4.69) is 10.6 Å². The number of hydrogen-bond donors (Lipinski definition) is 3. The Kier molecular flexibility index (Phi) is 6.21. The number of rotatable bonds is 6. The highest BCUT2D eigenvalue weighted by Gasteiger charge is 2.34. The summed E-state index contributed by atoms with van der Waals surface area (Å²) >= 11 is 0. The third kappa shape index (κ3) is 5.13. The Balaban J connectivity index is 1.43. The molecule has 0 saturated carbocycles. The largest absolute Gasteiger partial charge is 0.496 e. The molecule has 2 aliphatic heterocycles. The maximum Gasteiger partial charge on any atom is 0.317 e. The fraction of sp³-hybridized carbons (Fsp3) is 0.600. The van der Waals surface area contributed by atoms with Crippen LogP contribution >= 0.6 is 0 Å². The first-order chi connectivity index (χ1) is 13.0. The number of carbonyl (C=O) groups is 2. The minimum absolute atomic E-state index is 0.0942. The number of ether oxygens (including phenoxy) is 1. The maximum absolute atomic E-state index is 12.3. The first-order valence-electron chi connectivity index (χ1n) is 9.65. The first kappa shape index (κ1) is 19.5. The van der Waals surface area contributed by atoms with Crippen LogP contribution < -0.4 is 15.4 Å². The Morgan fingerprint density at radius 2 is 2.11 bits per heavy atom. The van der Waals surface area contributed by atoms with Gasteiger partial charge < -0.3 is 25.4 Å². The predicted molar refractivity (Wildman–Crippen MR) is 102 cm³/mol. The molecule has 1 aromatic rings. The molecule has 1 unspecified atom stereocenters. The van der Waals surface area contributed by atoms with E-state index in [-0.39, 0.29) is 18.0 Å². The van der Waals surface area contributed by atoms with Gasteiger partial charge in [-0.2, -0.15) is 0 Å². The summed E-state index contributed by atoms with van der Waals surface area (Å²) in [4.78, 5) is 25.3. The molecule has 148 valence electrons. The number of amides is 3. The van der Waals surface area contributed by atoms with Crippen molar-refractivity contribution in [2.75, 3.05) is 26.7 Å². The van der Waals surface area contributed by atoms with Crippen molar-refractivity contribution >= 4 is 11.9 Å². The number of aliphatic hydroxyl groups is 1. The molecule has 0 aromatic heterocycles. The number of urea groups is 1. The van der Waals surface area contributed by atoms with Crippen LogP contribution in [0.2, 0.25) is 0 Å². The second-order valence-corrected chi connectivity index (χ2v) is 7.52. The van der Waals surface area contributed by atoms with Crippen molar-refractivity contribution in [2.24, 2.45) is 0 Å². The van der Waals surface area contributed by atoms with Gasteiger partial charge in [-0.15, -0.1) is 0 Å². The number of carbonyl (C=O) groups excluding carboxylic acids is 2. The summed E-state index contributed by atoms with van der Waals surface area (Å²) in [7, 11) is 1.63. The van der Waals surface area contributed by atoms with E-state index in [0.717, 1.165) is 24.2 Å². The molecule has 0 aliphatic carbocycles. The number of piperidine rings is 1. The lowest BCUT2D eigenvalue weighted by atomic mass is 9.85. The second-order valence-electron chi connectivity index (χ2n) is 7.52. The van der Waals surface area contributed by atoms with Gasteiger partial charge in [-0.05, 0) is 37.3 Å². The lowest BCUT2D eigenvalue weighted by molar-refractivity contribution is -0.119. The smallest absolute Gasteiger partial charge is 0.317 e. The monoisotopic (exact) mass is 375 g/mol. The van der Waals surface area contributed by atoms with Gasteiger partial charge in [0.2, 0.25) is 5.91 Å². The standard InChI is InChI=1S/C20H29N3O4/c1-27-17-5-3-2-4-15(17)14-20(26)9-12-23(13-10-20)19(25)21-11-8-16-6-7-18(24)22-16/h2-5,16,26H,6-14H2,1H3,(H,21,25)(H,22,24). The number of nitrogens with zero attached hydrogens (tertiary/aromatic N) is 1. The van der Waals surface area contributed by atoms with E-state index in [1.54, 1.807) is 12.0 Å². The molecule has 2 aliphatic rings. The van der Waals surface area contributed by atoms with E-state index in [9.17, 15) is 14.7 Å². The number of likely N-dealkylation sites (tertiary alicyclic amines) is 1. The molecule has 2 fully saturated rings. The van der Waals surface area contributed by atoms with Gasteiger partial charge in [0.05, 0.1) is 12.7 Å². The molecule has 0 bridgehead atoms. The topological polar surface area (TPSA) is 90.9 Å². The fourth-order valence-electron chi connectivity index (χ4n) is 3.87. The van der Waals surface area contributed by atoms with Crippen LogP contribution in [0.5, 0.6) is 5.75 Å². The summed E-state index contributed by atoms with van der Waals surface area (Å²) in [6.45, 7) is 1.60. The van der Waals surface area contributed by atoms with Gasteiger partial charge in [-0.1, -0.05) is 18.2 Å². The minimum Gasteiger partial charge on any atom is -0.496 e. The molecule has 0 spiro atoms. The summed E-state index contributed by atoms with van der Waals surface area (Å²) in [6, 6.07) is 7.79. The number of benzene rings is 1. The number of hydrogen-bond acceptors (Lipinski definition) is 4. The third-order valence-corrected chi connectivity index (χ3v) is 5.55. The Hall–Kier alpha value is -2.28. The van der Waals surface area contributed by atoms with Gasteiger partial charge in [0.25, 0.3) is 0 Å². The highest BCUT2D eigenvalue weighted by Crippen LogP contribution is 2.30. The Bertz CT molecular complexity index is 671. The van der Waals surface area contributed by atoms with E-state index in [4.69, 9.17) is 4.74 Å². The summed E-state index contributed by atoms with van der Waals surface area (Å²) in [5, 5.41) is 16.8. The lowest BCUT2D eigenvalue weighted by Gasteiger charge is -2.38. The summed E-state index contributed by atoms with van der Waals surface area (Å²) < 4.78 is 5.37. The maximum atomic E-state index is 12.3. The zero-order valence-electron chi connectivity index (χ0n) is 15.9. The van der Waals surface area contributed by atoms with Crippen molar-refractivity contribution in [3.63, 3.8) is 0 Å². The average Bonchev–Trinajstić information content (AvgIpc) is 3.07. The van der Waals surface area contributed by atoms with Crippen molar-refractivity contribution in [2.45, 2.75) is 50.2 Å². The quantitative estimate of drug-likeness (QED) is 0.702. The van der Waals surface area contributed by atoms with Crippen molar-refractivity contribution in [3.05, 3.63) is 29.8 Å². The van der Waals surface area contributed by atoms with Crippen LogP contribution in [0.3, 0.4) is 0 Å². The van der Waals surface area contributed by atoms with E-state index >= 15 is 0 Å². The van der Waals surface area contributed by atoms with Crippen LogP contribution in [0, 0.1) is 0 Å².